The third-order valence-electron chi connectivity index (χ3n) is 3.88. The second-order valence-electron chi connectivity index (χ2n) is 5.24. The summed E-state index contributed by atoms with van der Waals surface area (Å²) in [5.74, 6) is 0.505. The fraction of sp³-hybridized carbons (Fsp3) is 0.643. The lowest BCUT2D eigenvalue weighted by Crippen LogP contribution is -2.33. The van der Waals surface area contributed by atoms with E-state index in [2.05, 4.69) is 11.4 Å². The van der Waals surface area contributed by atoms with E-state index in [1.165, 1.54) is 5.56 Å². The highest BCUT2D eigenvalue weighted by atomic mass is 16.3. The summed E-state index contributed by atoms with van der Waals surface area (Å²) in [6.07, 6.45) is 6.52. The van der Waals surface area contributed by atoms with Gasteiger partial charge >= 0.3 is 0 Å². The minimum atomic E-state index is 0.330. The van der Waals surface area contributed by atoms with Crippen LogP contribution in [0.15, 0.2) is 12.3 Å². The molecule has 2 rings (SSSR count). The largest absolute Gasteiger partial charge is 0.396 e. The average molecular weight is 247 g/mol. The lowest BCUT2D eigenvalue weighted by atomic mass is 9.86. The molecule has 1 fully saturated rings. The summed E-state index contributed by atoms with van der Waals surface area (Å²) in [7, 11) is 1.90. The molecule has 1 aliphatic rings. The van der Waals surface area contributed by atoms with Crippen LogP contribution in [-0.4, -0.2) is 22.3 Å². The van der Waals surface area contributed by atoms with Gasteiger partial charge in [0.15, 0.2) is 0 Å². The molecule has 0 atom stereocenters. The molecule has 98 valence electrons. The monoisotopic (exact) mass is 247 g/mol. The Morgan fingerprint density at radius 3 is 2.72 bits per heavy atom. The third kappa shape index (κ3) is 3.12. The molecular formula is C14H21N3O. The molecule has 0 bridgehead atoms. The van der Waals surface area contributed by atoms with Gasteiger partial charge in [-0.05, 0) is 43.2 Å². The molecule has 0 aromatic carbocycles. The number of aryl methyl sites for hydroxylation is 1. The van der Waals surface area contributed by atoms with Crippen LogP contribution in [0.25, 0.3) is 0 Å². The molecule has 0 unspecified atom stereocenters. The van der Waals surface area contributed by atoms with Crippen molar-refractivity contribution in [1.82, 2.24) is 9.88 Å². The van der Waals surface area contributed by atoms with Gasteiger partial charge in [0.1, 0.15) is 11.8 Å². The summed E-state index contributed by atoms with van der Waals surface area (Å²) in [5.41, 5.74) is 1.87. The summed E-state index contributed by atoms with van der Waals surface area (Å²) >= 11 is 0. The zero-order chi connectivity index (χ0) is 13.0. The van der Waals surface area contributed by atoms with Crippen molar-refractivity contribution in [2.24, 2.45) is 13.0 Å². The highest BCUT2D eigenvalue weighted by molar-refractivity contribution is 5.28. The number of nitrogens with one attached hydrogen (secondary N) is 1. The minimum Gasteiger partial charge on any atom is -0.396 e. The molecule has 18 heavy (non-hydrogen) atoms. The molecule has 0 saturated heterocycles. The van der Waals surface area contributed by atoms with Crippen molar-refractivity contribution in [1.29, 1.82) is 5.26 Å². The Hall–Kier alpha value is -1.31. The first-order valence-electron chi connectivity index (χ1n) is 6.62. The van der Waals surface area contributed by atoms with Gasteiger partial charge in [0.25, 0.3) is 0 Å². The third-order valence-corrected chi connectivity index (χ3v) is 3.88. The van der Waals surface area contributed by atoms with Crippen molar-refractivity contribution in [2.45, 2.75) is 38.3 Å². The Balaban J connectivity index is 1.80. The maximum Gasteiger partial charge on any atom is 0.120 e. The van der Waals surface area contributed by atoms with Crippen molar-refractivity contribution in [3.8, 4) is 6.07 Å². The smallest absolute Gasteiger partial charge is 0.120 e. The maximum absolute atomic E-state index is 9.09. The van der Waals surface area contributed by atoms with E-state index < -0.39 is 0 Å². The number of aliphatic hydroxyl groups excluding tert-OH is 1. The molecular weight excluding hydrogens is 226 g/mol. The van der Waals surface area contributed by atoms with Gasteiger partial charge in [0.05, 0.1) is 0 Å². The van der Waals surface area contributed by atoms with E-state index in [4.69, 9.17) is 10.4 Å². The molecule has 1 aromatic heterocycles. The number of hydrogen-bond donors (Lipinski definition) is 2. The van der Waals surface area contributed by atoms with Gasteiger partial charge in [-0.3, -0.25) is 0 Å². The molecule has 1 heterocycles. The van der Waals surface area contributed by atoms with Crippen molar-refractivity contribution >= 4 is 0 Å². The highest BCUT2D eigenvalue weighted by Crippen LogP contribution is 2.23. The molecule has 0 radical (unpaired) electrons. The quantitative estimate of drug-likeness (QED) is 0.848. The van der Waals surface area contributed by atoms with E-state index in [0.29, 0.717) is 24.3 Å². The SMILES string of the molecule is Cn1cc(CNC2CCC(CO)CC2)cc1C#N. The molecule has 1 aliphatic carbocycles. The van der Waals surface area contributed by atoms with Gasteiger partial charge in [-0.15, -0.1) is 0 Å². The van der Waals surface area contributed by atoms with E-state index >= 15 is 0 Å². The van der Waals surface area contributed by atoms with E-state index in [-0.39, 0.29) is 0 Å². The Kier molecular flexibility index (Phi) is 4.40. The summed E-state index contributed by atoms with van der Waals surface area (Å²) in [6.45, 7) is 1.15. The maximum atomic E-state index is 9.09. The predicted molar refractivity (Wildman–Crippen MR) is 69.8 cm³/mol. The Labute approximate surface area is 108 Å². The van der Waals surface area contributed by atoms with Crippen LogP contribution in [-0.2, 0) is 13.6 Å². The zero-order valence-electron chi connectivity index (χ0n) is 10.9. The number of nitriles is 1. The van der Waals surface area contributed by atoms with Crippen molar-refractivity contribution in [3.05, 3.63) is 23.5 Å². The first-order chi connectivity index (χ1) is 8.72. The zero-order valence-corrected chi connectivity index (χ0v) is 10.9. The van der Waals surface area contributed by atoms with Gasteiger partial charge < -0.3 is 15.0 Å². The molecule has 4 nitrogen and oxygen atoms in total. The fourth-order valence-electron chi connectivity index (χ4n) is 2.65. The van der Waals surface area contributed by atoms with E-state index in [9.17, 15) is 0 Å². The minimum absolute atomic E-state index is 0.330. The number of nitrogens with zero attached hydrogens (tertiary/aromatic N) is 2. The lowest BCUT2D eigenvalue weighted by molar-refractivity contribution is 0.175. The first-order valence-corrected chi connectivity index (χ1v) is 6.62. The molecule has 0 amide bonds. The lowest BCUT2D eigenvalue weighted by Gasteiger charge is -2.27. The van der Waals surface area contributed by atoms with Crippen LogP contribution < -0.4 is 5.32 Å². The number of aromatic nitrogens is 1. The molecule has 4 heteroatoms. The van der Waals surface area contributed by atoms with E-state index in [1.54, 1.807) is 0 Å². The average Bonchev–Trinajstić information content (AvgIpc) is 2.77. The second-order valence-corrected chi connectivity index (χ2v) is 5.24. The molecule has 0 aliphatic heterocycles. The van der Waals surface area contributed by atoms with E-state index in [1.807, 2.05) is 23.9 Å². The van der Waals surface area contributed by atoms with Gasteiger partial charge in [0, 0.05) is 32.4 Å². The van der Waals surface area contributed by atoms with Gasteiger partial charge in [-0.25, -0.2) is 0 Å². The van der Waals surface area contributed by atoms with E-state index in [0.717, 1.165) is 32.2 Å². The predicted octanol–water partition coefficient (Wildman–Crippen LogP) is 1.54. The van der Waals surface area contributed by atoms with Crippen LogP contribution in [0.1, 0.15) is 36.9 Å². The normalized spacial score (nSPS) is 23.8. The topological polar surface area (TPSA) is 61.0 Å². The van der Waals surface area contributed by atoms with Crippen LogP contribution >= 0.6 is 0 Å². The Morgan fingerprint density at radius 1 is 1.44 bits per heavy atom. The summed E-state index contributed by atoms with van der Waals surface area (Å²) in [6, 6.07) is 4.67. The van der Waals surface area contributed by atoms with Crippen molar-refractivity contribution in [2.75, 3.05) is 6.61 Å². The highest BCUT2D eigenvalue weighted by Gasteiger charge is 2.20. The van der Waals surface area contributed by atoms with Crippen molar-refractivity contribution in [3.63, 3.8) is 0 Å². The summed E-state index contributed by atoms with van der Waals surface area (Å²) in [4.78, 5) is 0. The van der Waals surface area contributed by atoms with Crippen LogP contribution in [0.5, 0.6) is 0 Å². The van der Waals surface area contributed by atoms with Crippen LogP contribution in [0.4, 0.5) is 0 Å². The summed E-state index contributed by atoms with van der Waals surface area (Å²) in [5, 5.41) is 21.5. The van der Waals surface area contributed by atoms with Crippen LogP contribution in [0.2, 0.25) is 0 Å². The number of rotatable bonds is 4. The van der Waals surface area contributed by atoms with Gasteiger partial charge in [0.2, 0.25) is 0 Å². The Morgan fingerprint density at radius 2 is 2.17 bits per heavy atom. The summed E-state index contributed by atoms with van der Waals surface area (Å²) < 4.78 is 1.86. The number of aliphatic hydroxyl groups is 1. The van der Waals surface area contributed by atoms with Crippen LogP contribution in [0, 0.1) is 17.2 Å². The Bertz CT molecular complexity index is 425. The fourth-order valence-corrected chi connectivity index (χ4v) is 2.65. The van der Waals surface area contributed by atoms with Gasteiger partial charge in [-0.2, -0.15) is 5.26 Å². The standard InChI is InChI=1S/C14H21N3O/c1-17-9-12(6-14(17)7-15)8-16-13-4-2-11(10-18)3-5-13/h6,9,11,13,16,18H,2-5,8,10H2,1H3. The second kappa shape index (κ2) is 6.03. The molecule has 0 spiro atoms. The van der Waals surface area contributed by atoms with Crippen LogP contribution in [0.3, 0.4) is 0 Å². The molecule has 2 N–H and O–H groups in total. The molecule has 1 saturated carbocycles. The first kappa shape index (κ1) is 13.1. The number of hydrogen-bond acceptors (Lipinski definition) is 3. The van der Waals surface area contributed by atoms with Crippen molar-refractivity contribution < 1.29 is 5.11 Å². The molecule has 1 aromatic rings. The van der Waals surface area contributed by atoms with Gasteiger partial charge in [-0.1, -0.05) is 0 Å².